The molecule has 0 heterocycles. The van der Waals surface area contributed by atoms with Crippen LogP contribution < -0.4 is 10.6 Å². The number of nitrogens with one attached hydrogen (secondary N) is 2. The van der Waals surface area contributed by atoms with Gasteiger partial charge in [0, 0.05) is 5.69 Å². The highest BCUT2D eigenvalue weighted by Crippen LogP contribution is 2.14. The first-order valence-electron chi connectivity index (χ1n) is 6.03. The SMILES string of the molecule is CC(NC(=S)Nc1ccccc1)c1cccc(F)c1. The van der Waals surface area contributed by atoms with Crippen LogP contribution in [0.2, 0.25) is 0 Å². The lowest BCUT2D eigenvalue weighted by Crippen LogP contribution is -2.30. The molecule has 0 aliphatic heterocycles. The van der Waals surface area contributed by atoms with Crippen LogP contribution in [0.1, 0.15) is 18.5 Å². The van der Waals surface area contributed by atoms with Crippen molar-refractivity contribution in [3.8, 4) is 0 Å². The van der Waals surface area contributed by atoms with Gasteiger partial charge in [-0.15, -0.1) is 0 Å². The third kappa shape index (κ3) is 4.03. The number of rotatable bonds is 3. The summed E-state index contributed by atoms with van der Waals surface area (Å²) >= 11 is 5.23. The van der Waals surface area contributed by atoms with Crippen molar-refractivity contribution in [3.63, 3.8) is 0 Å². The highest BCUT2D eigenvalue weighted by atomic mass is 32.1. The standard InChI is InChI=1S/C15H15FN2S/c1-11(12-6-5-7-13(16)10-12)17-15(19)18-14-8-3-2-4-9-14/h2-11H,1H3,(H2,17,18,19). The maximum atomic E-state index is 13.1. The summed E-state index contributed by atoms with van der Waals surface area (Å²) in [6.07, 6.45) is 0. The summed E-state index contributed by atoms with van der Waals surface area (Å²) in [5.74, 6) is -0.243. The molecule has 0 saturated carbocycles. The van der Waals surface area contributed by atoms with Gasteiger partial charge in [0.1, 0.15) is 5.82 Å². The smallest absolute Gasteiger partial charge is 0.171 e. The minimum atomic E-state index is -0.243. The van der Waals surface area contributed by atoms with Crippen molar-refractivity contribution in [2.45, 2.75) is 13.0 Å². The van der Waals surface area contributed by atoms with Crippen LogP contribution in [0.4, 0.5) is 10.1 Å². The normalized spacial score (nSPS) is 11.7. The van der Waals surface area contributed by atoms with Gasteiger partial charge in [-0.25, -0.2) is 4.39 Å². The molecule has 0 aromatic heterocycles. The monoisotopic (exact) mass is 274 g/mol. The van der Waals surface area contributed by atoms with Gasteiger partial charge in [0.25, 0.3) is 0 Å². The average molecular weight is 274 g/mol. The van der Waals surface area contributed by atoms with Gasteiger partial charge in [0.15, 0.2) is 5.11 Å². The van der Waals surface area contributed by atoms with Gasteiger partial charge in [-0.3, -0.25) is 0 Å². The summed E-state index contributed by atoms with van der Waals surface area (Å²) in [4.78, 5) is 0. The molecule has 2 aromatic carbocycles. The molecule has 0 spiro atoms. The second-order valence-corrected chi connectivity index (χ2v) is 4.65. The molecule has 0 radical (unpaired) electrons. The van der Waals surface area contributed by atoms with E-state index in [0.29, 0.717) is 5.11 Å². The maximum absolute atomic E-state index is 13.1. The number of thiocarbonyl (C=S) groups is 1. The van der Waals surface area contributed by atoms with E-state index in [0.717, 1.165) is 11.3 Å². The number of halogens is 1. The molecule has 0 aliphatic carbocycles. The Labute approximate surface area is 117 Å². The van der Waals surface area contributed by atoms with E-state index in [2.05, 4.69) is 10.6 Å². The number of benzene rings is 2. The zero-order chi connectivity index (χ0) is 13.7. The third-order valence-corrected chi connectivity index (χ3v) is 2.95. The molecule has 19 heavy (non-hydrogen) atoms. The Hall–Kier alpha value is -1.94. The summed E-state index contributed by atoms with van der Waals surface area (Å²) in [7, 11) is 0. The molecule has 2 nitrogen and oxygen atoms in total. The predicted molar refractivity (Wildman–Crippen MR) is 80.6 cm³/mol. The Morgan fingerprint density at radius 2 is 1.84 bits per heavy atom. The summed E-state index contributed by atoms with van der Waals surface area (Å²) in [5, 5.41) is 6.73. The number of hydrogen-bond donors (Lipinski definition) is 2. The quantitative estimate of drug-likeness (QED) is 0.831. The minimum Gasteiger partial charge on any atom is -0.356 e. The Balaban J connectivity index is 1.95. The van der Waals surface area contributed by atoms with Crippen LogP contribution in [0.3, 0.4) is 0 Å². The topological polar surface area (TPSA) is 24.1 Å². The second kappa shape index (κ2) is 6.29. The van der Waals surface area contributed by atoms with Gasteiger partial charge in [-0.05, 0) is 49.0 Å². The lowest BCUT2D eigenvalue weighted by molar-refractivity contribution is 0.618. The number of para-hydroxylation sites is 1. The van der Waals surface area contributed by atoms with Crippen LogP contribution in [0.5, 0.6) is 0 Å². The Morgan fingerprint density at radius 3 is 2.53 bits per heavy atom. The fraction of sp³-hybridized carbons (Fsp3) is 0.133. The molecule has 2 rings (SSSR count). The van der Waals surface area contributed by atoms with Crippen molar-refractivity contribution in [1.29, 1.82) is 0 Å². The third-order valence-electron chi connectivity index (χ3n) is 2.73. The number of hydrogen-bond acceptors (Lipinski definition) is 1. The lowest BCUT2D eigenvalue weighted by Gasteiger charge is -2.17. The Kier molecular flexibility index (Phi) is 4.47. The van der Waals surface area contributed by atoms with Gasteiger partial charge < -0.3 is 10.6 Å². The van der Waals surface area contributed by atoms with E-state index in [-0.39, 0.29) is 11.9 Å². The zero-order valence-electron chi connectivity index (χ0n) is 10.6. The zero-order valence-corrected chi connectivity index (χ0v) is 11.4. The van der Waals surface area contributed by atoms with Crippen molar-refractivity contribution in [2.75, 3.05) is 5.32 Å². The van der Waals surface area contributed by atoms with Gasteiger partial charge in [0.05, 0.1) is 6.04 Å². The van der Waals surface area contributed by atoms with Crippen LogP contribution in [0.25, 0.3) is 0 Å². The van der Waals surface area contributed by atoms with E-state index in [4.69, 9.17) is 12.2 Å². The first kappa shape index (κ1) is 13.5. The van der Waals surface area contributed by atoms with Gasteiger partial charge >= 0.3 is 0 Å². The molecule has 0 amide bonds. The first-order valence-corrected chi connectivity index (χ1v) is 6.44. The molecule has 1 atom stereocenters. The fourth-order valence-electron chi connectivity index (χ4n) is 1.74. The molecular formula is C15H15FN2S. The molecule has 0 aliphatic rings. The van der Waals surface area contributed by atoms with Crippen molar-refractivity contribution < 1.29 is 4.39 Å². The molecule has 98 valence electrons. The molecule has 0 saturated heterocycles. The highest BCUT2D eigenvalue weighted by molar-refractivity contribution is 7.80. The Morgan fingerprint density at radius 1 is 1.11 bits per heavy atom. The van der Waals surface area contributed by atoms with Crippen molar-refractivity contribution in [2.24, 2.45) is 0 Å². The van der Waals surface area contributed by atoms with Crippen LogP contribution >= 0.6 is 12.2 Å². The van der Waals surface area contributed by atoms with Crippen LogP contribution in [0, 0.1) is 5.82 Å². The van der Waals surface area contributed by atoms with Crippen LogP contribution in [0.15, 0.2) is 54.6 Å². The van der Waals surface area contributed by atoms with E-state index in [1.54, 1.807) is 6.07 Å². The van der Waals surface area contributed by atoms with Crippen molar-refractivity contribution in [1.82, 2.24) is 5.32 Å². The van der Waals surface area contributed by atoms with E-state index in [1.807, 2.05) is 43.3 Å². The molecule has 2 N–H and O–H groups in total. The average Bonchev–Trinajstić information content (AvgIpc) is 2.39. The van der Waals surface area contributed by atoms with E-state index < -0.39 is 0 Å². The summed E-state index contributed by atoms with van der Waals surface area (Å²) < 4.78 is 13.1. The molecule has 1 unspecified atom stereocenters. The molecule has 4 heteroatoms. The predicted octanol–water partition coefficient (Wildman–Crippen LogP) is 3.87. The van der Waals surface area contributed by atoms with Crippen LogP contribution in [-0.4, -0.2) is 5.11 Å². The molecule has 2 aromatic rings. The Bertz CT molecular complexity index is 557. The minimum absolute atomic E-state index is 0.0561. The van der Waals surface area contributed by atoms with E-state index in [1.165, 1.54) is 12.1 Å². The summed E-state index contributed by atoms with van der Waals surface area (Å²) in [6.45, 7) is 1.94. The maximum Gasteiger partial charge on any atom is 0.171 e. The van der Waals surface area contributed by atoms with Gasteiger partial charge in [0.2, 0.25) is 0 Å². The fourth-order valence-corrected chi connectivity index (χ4v) is 2.04. The summed E-state index contributed by atoms with van der Waals surface area (Å²) in [5.41, 5.74) is 1.78. The largest absolute Gasteiger partial charge is 0.356 e. The van der Waals surface area contributed by atoms with E-state index in [9.17, 15) is 4.39 Å². The molecular weight excluding hydrogens is 259 g/mol. The highest BCUT2D eigenvalue weighted by Gasteiger charge is 2.07. The van der Waals surface area contributed by atoms with E-state index >= 15 is 0 Å². The number of anilines is 1. The molecule has 0 bridgehead atoms. The first-order chi connectivity index (χ1) is 9.15. The van der Waals surface area contributed by atoms with Gasteiger partial charge in [-0.1, -0.05) is 30.3 Å². The van der Waals surface area contributed by atoms with Crippen LogP contribution in [-0.2, 0) is 0 Å². The van der Waals surface area contributed by atoms with Crippen molar-refractivity contribution >= 4 is 23.0 Å². The summed E-state index contributed by atoms with van der Waals surface area (Å²) in [6, 6.07) is 16.1. The van der Waals surface area contributed by atoms with Crippen molar-refractivity contribution in [3.05, 3.63) is 66.0 Å². The van der Waals surface area contributed by atoms with Gasteiger partial charge in [-0.2, -0.15) is 0 Å². The second-order valence-electron chi connectivity index (χ2n) is 4.24. The lowest BCUT2D eigenvalue weighted by atomic mass is 10.1. The molecule has 0 fully saturated rings.